The fourth-order valence-electron chi connectivity index (χ4n) is 1.69. The molecular weight excluding hydrogens is 246 g/mol. The lowest BCUT2D eigenvalue weighted by Crippen LogP contribution is -2.31. The average Bonchev–Trinajstić information content (AvgIpc) is 2.38. The number of benzene rings is 2. The summed E-state index contributed by atoms with van der Waals surface area (Å²) in [6.07, 6.45) is 0. The standard InChI is InChI=1S/C14H14BFO3/c1-10-2-4-11(5-3-10)9-19-14-8-12(16)6-7-13(14)15(17)18/h2-8,17-18H,9H2,1H3. The molecule has 0 spiro atoms. The first-order chi connectivity index (χ1) is 9.06. The van der Waals surface area contributed by atoms with Crippen molar-refractivity contribution in [3.63, 3.8) is 0 Å². The Labute approximate surface area is 111 Å². The lowest BCUT2D eigenvalue weighted by atomic mass is 9.79. The van der Waals surface area contributed by atoms with E-state index < -0.39 is 12.9 Å². The van der Waals surface area contributed by atoms with Gasteiger partial charge in [-0.1, -0.05) is 35.9 Å². The van der Waals surface area contributed by atoms with Crippen molar-refractivity contribution in [3.05, 3.63) is 59.4 Å². The second-order valence-corrected chi connectivity index (χ2v) is 4.33. The molecule has 0 atom stereocenters. The highest BCUT2D eigenvalue weighted by Crippen LogP contribution is 2.13. The predicted octanol–water partition coefficient (Wildman–Crippen LogP) is 1.39. The lowest BCUT2D eigenvalue weighted by molar-refractivity contribution is 0.305. The van der Waals surface area contributed by atoms with E-state index in [9.17, 15) is 14.4 Å². The van der Waals surface area contributed by atoms with Gasteiger partial charge in [0.1, 0.15) is 18.2 Å². The van der Waals surface area contributed by atoms with Crippen molar-refractivity contribution >= 4 is 12.6 Å². The van der Waals surface area contributed by atoms with Crippen molar-refractivity contribution in [3.8, 4) is 5.75 Å². The first kappa shape index (κ1) is 13.6. The Balaban J connectivity index is 2.14. The number of aryl methyl sites for hydroxylation is 1. The highest BCUT2D eigenvalue weighted by Gasteiger charge is 2.17. The van der Waals surface area contributed by atoms with Crippen LogP contribution >= 0.6 is 0 Å². The maximum Gasteiger partial charge on any atom is 0.492 e. The predicted molar refractivity (Wildman–Crippen MR) is 71.7 cm³/mol. The van der Waals surface area contributed by atoms with Crippen LogP contribution in [0.25, 0.3) is 0 Å². The van der Waals surface area contributed by atoms with Gasteiger partial charge >= 0.3 is 7.12 Å². The molecular formula is C14H14BFO3. The van der Waals surface area contributed by atoms with Gasteiger partial charge in [0.2, 0.25) is 0 Å². The second kappa shape index (κ2) is 5.86. The van der Waals surface area contributed by atoms with Crippen molar-refractivity contribution in [1.29, 1.82) is 0 Å². The molecule has 0 aliphatic carbocycles. The normalized spacial score (nSPS) is 10.3. The summed E-state index contributed by atoms with van der Waals surface area (Å²) in [5.74, 6) is -0.348. The van der Waals surface area contributed by atoms with E-state index in [1.807, 2.05) is 31.2 Å². The number of halogens is 1. The van der Waals surface area contributed by atoms with Crippen molar-refractivity contribution in [2.75, 3.05) is 0 Å². The molecule has 2 aromatic carbocycles. The Morgan fingerprint density at radius 2 is 1.79 bits per heavy atom. The SMILES string of the molecule is Cc1ccc(COc2cc(F)ccc2B(O)O)cc1. The van der Waals surface area contributed by atoms with E-state index in [1.54, 1.807) is 0 Å². The summed E-state index contributed by atoms with van der Waals surface area (Å²) in [5.41, 5.74) is 2.21. The Hall–Kier alpha value is -1.85. The summed E-state index contributed by atoms with van der Waals surface area (Å²) in [6, 6.07) is 11.3. The van der Waals surface area contributed by atoms with Crippen LogP contribution in [0.1, 0.15) is 11.1 Å². The number of hydrogen-bond acceptors (Lipinski definition) is 3. The fraction of sp³-hybridized carbons (Fsp3) is 0.143. The van der Waals surface area contributed by atoms with Gasteiger partial charge in [0.25, 0.3) is 0 Å². The lowest BCUT2D eigenvalue weighted by Gasteiger charge is -2.11. The highest BCUT2D eigenvalue weighted by molar-refractivity contribution is 6.59. The summed E-state index contributed by atoms with van der Waals surface area (Å²) in [7, 11) is -1.69. The summed E-state index contributed by atoms with van der Waals surface area (Å²) in [4.78, 5) is 0. The Morgan fingerprint density at radius 3 is 2.42 bits per heavy atom. The van der Waals surface area contributed by atoms with Crippen LogP contribution in [0.3, 0.4) is 0 Å². The quantitative estimate of drug-likeness (QED) is 0.817. The molecule has 0 radical (unpaired) electrons. The van der Waals surface area contributed by atoms with Gasteiger partial charge in [0.15, 0.2) is 0 Å². The summed E-state index contributed by atoms with van der Waals surface area (Å²) >= 11 is 0. The smallest absolute Gasteiger partial charge is 0.489 e. The van der Waals surface area contributed by atoms with E-state index in [2.05, 4.69) is 0 Å². The van der Waals surface area contributed by atoms with Crippen LogP contribution < -0.4 is 10.2 Å². The molecule has 0 fully saturated rings. The van der Waals surface area contributed by atoms with E-state index in [-0.39, 0.29) is 17.8 Å². The van der Waals surface area contributed by atoms with Gasteiger partial charge < -0.3 is 14.8 Å². The van der Waals surface area contributed by atoms with Crippen LogP contribution in [-0.4, -0.2) is 17.2 Å². The Morgan fingerprint density at radius 1 is 1.11 bits per heavy atom. The Bertz CT molecular complexity index is 555. The molecule has 0 amide bonds. The van der Waals surface area contributed by atoms with Crippen LogP contribution in [0, 0.1) is 12.7 Å². The second-order valence-electron chi connectivity index (χ2n) is 4.33. The zero-order chi connectivity index (χ0) is 13.8. The monoisotopic (exact) mass is 260 g/mol. The third-order valence-electron chi connectivity index (χ3n) is 2.77. The van der Waals surface area contributed by atoms with Gasteiger partial charge in [-0.2, -0.15) is 0 Å². The zero-order valence-electron chi connectivity index (χ0n) is 10.5. The minimum Gasteiger partial charge on any atom is -0.489 e. The molecule has 0 saturated heterocycles. The summed E-state index contributed by atoms with van der Waals surface area (Å²) < 4.78 is 18.6. The van der Waals surface area contributed by atoms with Gasteiger partial charge in [0.05, 0.1) is 0 Å². The fourth-order valence-corrected chi connectivity index (χ4v) is 1.69. The first-order valence-corrected chi connectivity index (χ1v) is 5.90. The molecule has 3 nitrogen and oxygen atoms in total. The van der Waals surface area contributed by atoms with Crippen molar-refractivity contribution in [2.45, 2.75) is 13.5 Å². The third-order valence-corrected chi connectivity index (χ3v) is 2.77. The molecule has 0 saturated carbocycles. The molecule has 2 N–H and O–H groups in total. The molecule has 2 aromatic rings. The molecule has 2 rings (SSSR count). The molecule has 0 bridgehead atoms. The van der Waals surface area contributed by atoms with Gasteiger partial charge in [-0.15, -0.1) is 0 Å². The van der Waals surface area contributed by atoms with Crippen LogP contribution in [0.15, 0.2) is 42.5 Å². The van der Waals surface area contributed by atoms with Gasteiger partial charge in [-0.05, 0) is 18.6 Å². The molecule has 19 heavy (non-hydrogen) atoms. The summed E-state index contributed by atoms with van der Waals surface area (Å²) in [5, 5.41) is 18.4. The maximum atomic E-state index is 13.1. The van der Waals surface area contributed by atoms with Crippen molar-refractivity contribution in [2.24, 2.45) is 0 Å². The number of hydrogen-bond donors (Lipinski definition) is 2. The maximum absolute atomic E-state index is 13.1. The van der Waals surface area contributed by atoms with Crippen LogP contribution in [0.4, 0.5) is 4.39 Å². The van der Waals surface area contributed by atoms with Gasteiger partial charge in [0, 0.05) is 11.5 Å². The summed E-state index contributed by atoms with van der Waals surface area (Å²) in [6.45, 7) is 2.22. The van der Waals surface area contributed by atoms with Gasteiger partial charge in [-0.3, -0.25) is 0 Å². The largest absolute Gasteiger partial charge is 0.492 e. The first-order valence-electron chi connectivity index (χ1n) is 5.90. The topological polar surface area (TPSA) is 49.7 Å². The van der Waals surface area contributed by atoms with E-state index >= 15 is 0 Å². The van der Waals surface area contributed by atoms with Crippen LogP contribution in [0.2, 0.25) is 0 Å². The third kappa shape index (κ3) is 3.56. The molecule has 0 aromatic heterocycles. The molecule has 0 aliphatic heterocycles. The molecule has 0 unspecified atom stereocenters. The molecule has 0 aliphatic rings. The van der Waals surface area contributed by atoms with E-state index in [4.69, 9.17) is 4.74 Å². The molecule has 98 valence electrons. The highest BCUT2D eigenvalue weighted by atomic mass is 19.1. The van der Waals surface area contributed by atoms with Crippen LogP contribution in [0.5, 0.6) is 5.75 Å². The minimum absolute atomic E-state index is 0.135. The van der Waals surface area contributed by atoms with Crippen LogP contribution in [-0.2, 0) is 6.61 Å². The van der Waals surface area contributed by atoms with Gasteiger partial charge in [-0.25, -0.2) is 4.39 Å². The number of ether oxygens (including phenoxy) is 1. The zero-order valence-corrected chi connectivity index (χ0v) is 10.5. The average molecular weight is 260 g/mol. The molecule has 0 heterocycles. The minimum atomic E-state index is -1.69. The van der Waals surface area contributed by atoms with Crippen molar-refractivity contribution in [1.82, 2.24) is 0 Å². The number of rotatable bonds is 4. The van der Waals surface area contributed by atoms with E-state index in [0.29, 0.717) is 0 Å². The Kier molecular flexibility index (Phi) is 4.19. The van der Waals surface area contributed by atoms with E-state index in [0.717, 1.165) is 23.3 Å². The van der Waals surface area contributed by atoms with E-state index in [1.165, 1.54) is 6.07 Å². The van der Waals surface area contributed by atoms with Crippen molar-refractivity contribution < 1.29 is 19.2 Å². The molecule has 5 heteroatoms.